The Balaban J connectivity index is 2.38. The molecule has 0 bridgehead atoms. The van der Waals surface area contributed by atoms with Gasteiger partial charge in [0.05, 0.1) is 11.8 Å². The molecule has 5 heteroatoms. The molecule has 0 atom stereocenters. The van der Waals surface area contributed by atoms with E-state index < -0.39 is 0 Å². The lowest BCUT2D eigenvalue weighted by Crippen LogP contribution is -1.96. The number of aryl methyl sites for hydroxylation is 1. The molecule has 4 nitrogen and oxygen atoms in total. The average molecular weight is 244 g/mol. The van der Waals surface area contributed by atoms with Crippen LogP contribution in [0.3, 0.4) is 0 Å². The van der Waals surface area contributed by atoms with Crippen molar-refractivity contribution >= 4 is 11.8 Å². The number of nitrogens with zero attached hydrogens (tertiary/aromatic N) is 4. The zero-order valence-corrected chi connectivity index (χ0v) is 10.5. The highest BCUT2D eigenvalue weighted by molar-refractivity contribution is 7.99. The van der Waals surface area contributed by atoms with Crippen molar-refractivity contribution in [3.8, 4) is 17.5 Å². The Bertz CT molecular complexity index is 568. The maximum atomic E-state index is 8.56. The van der Waals surface area contributed by atoms with Crippen LogP contribution in [0.2, 0.25) is 0 Å². The summed E-state index contributed by atoms with van der Waals surface area (Å²) in [5, 5.41) is 17.6. The summed E-state index contributed by atoms with van der Waals surface area (Å²) in [6.07, 6.45) is 0. The third-order valence-electron chi connectivity index (χ3n) is 2.49. The lowest BCUT2D eigenvalue weighted by Gasteiger charge is -2.05. The maximum Gasteiger partial charge on any atom is 0.192 e. The molecule has 0 saturated carbocycles. The fourth-order valence-electron chi connectivity index (χ4n) is 1.60. The Morgan fingerprint density at radius 1 is 1.35 bits per heavy atom. The Morgan fingerprint density at radius 2 is 2.12 bits per heavy atom. The quantitative estimate of drug-likeness (QED) is 0.778. The summed E-state index contributed by atoms with van der Waals surface area (Å²) in [5.74, 6) is 1.23. The normalized spacial score (nSPS) is 10.2. The zero-order valence-electron chi connectivity index (χ0n) is 9.71. The summed E-state index contributed by atoms with van der Waals surface area (Å²) in [6.45, 7) is 2.05. The summed E-state index contributed by atoms with van der Waals surface area (Å²) in [6, 6.07) is 10.1. The minimum absolute atomic E-state index is 0.389. The molecule has 0 N–H and O–H groups in total. The molecule has 0 aliphatic carbocycles. The Morgan fingerprint density at radius 3 is 2.82 bits per heavy atom. The van der Waals surface area contributed by atoms with Gasteiger partial charge >= 0.3 is 0 Å². The van der Waals surface area contributed by atoms with Crippen LogP contribution in [0.15, 0.2) is 29.4 Å². The summed E-state index contributed by atoms with van der Waals surface area (Å²) >= 11 is 1.40. The monoisotopic (exact) mass is 244 g/mol. The first-order valence-corrected chi connectivity index (χ1v) is 6.17. The summed E-state index contributed by atoms with van der Waals surface area (Å²) < 4.78 is 1.92. The molecule has 0 fully saturated rings. The smallest absolute Gasteiger partial charge is 0.192 e. The highest BCUT2D eigenvalue weighted by Crippen LogP contribution is 2.24. The molecule has 0 radical (unpaired) electrons. The van der Waals surface area contributed by atoms with Gasteiger partial charge in [-0.2, -0.15) is 5.26 Å². The van der Waals surface area contributed by atoms with Crippen LogP contribution in [0.25, 0.3) is 11.4 Å². The second-order valence-corrected chi connectivity index (χ2v) is 4.57. The summed E-state index contributed by atoms with van der Waals surface area (Å²) in [4.78, 5) is 0. The lowest BCUT2D eigenvalue weighted by atomic mass is 10.1. The van der Waals surface area contributed by atoms with Crippen LogP contribution < -0.4 is 0 Å². The topological polar surface area (TPSA) is 54.5 Å². The van der Waals surface area contributed by atoms with Crippen LogP contribution in [0.4, 0.5) is 0 Å². The van der Waals surface area contributed by atoms with E-state index in [-0.39, 0.29) is 0 Å². The third-order valence-corrected chi connectivity index (χ3v) is 3.37. The minimum Gasteiger partial charge on any atom is -0.305 e. The standard InChI is InChI=1S/C12H12N4S/c1-9-5-3-4-6-10(9)11-14-15-12(16(11)2)17-8-7-13/h3-6H,8H2,1-2H3. The molecule has 1 aromatic carbocycles. The van der Waals surface area contributed by atoms with E-state index in [0.29, 0.717) is 5.75 Å². The van der Waals surface area contributed by atoms with Gasteiger partial charge in [0.2, 0.25) is 0 Å². The van der Waals surface area contributed by atoms with Crippen LogP contribution in [0.1, 0.15) is 5.56 Å². The highest BCUT2D eigenvalue weighted by atomic mass is 32.2. The number of hydrogen-bond donors (Lipinski definition) is 0. The summed E-state index contributed by atoms with van der Waals surface area (Å²) in [7, 11) is 1.92. The van der Waals surface area contributed by atoms with E-state index in [1.807, 2.05) is 42.8 Å². The number of rotatable bonds is 3. The lowest BCUT2D eigenvalue weighted by molar-refractivity contribution is 0.794. The van der Waals surface area contributed by atoms with Gasteiger partial charge in [-0.3, -0.25) is 0 Å². The van der Waals surface area contributed by atoms with Crippen LogP contribution in [0, 0.1) is 18.3 Å². The second-order valence-electron chi connectivity index (χ2n) is 3.63. The Hall–Kier alpha value is -1.80. The van der Waals surface area contributed by atoms with Gasteiger partial charge in [0.25, 0.3) is 0 Å². The van der Waals surface area contributed by atoms with Crippen molar-refractivity contribution in [2.75, 3.05) is 5.75 Å². The van der Waals surface area contributed by atoms with Gasteiger partial charge in [0.15, 0.2) is 11.0 Å². The van der Waals surface area contributed by atoms with E-state index in [4.69, 9.17) is 5.26 Å². The van der Waals surface area contributed by atoms with E-state index in [1.54, 1.807) is 0 Å². The summed E-state index contributed by atoms with van der Waals surface area (Å²) in [5.41, 5.74) is 2.24. The molecule has 0 aliphatic rings. The van der Waals surface area contributed by atoms with Crippen molar-refractivity contribution < 1.29 is 0 Å². The second kappa shape index (κ2) is 5.02. The number of hydrogen-bond acceptors (Lipinski definition) is 4. The van der Waals surface area contributed by atoms with E-state index in [9.17, 15) is 0 Å². The Labute approximate surface area is 104 Å². The van der Waals surface area contributed by atoms with Gasteiger partial charge < -0.3 is 4.57 Å². The number of thioether (sulfide) groups is 1. The first-order chi connectivity index (χ1) is 8.24. The molecule has 2 rings (SSSR count). The van der Waals surface area contributed by atoms with Crippen LogP contribution in [-0.2, 0) is 7.05 Å². The van der Waals surface area contributed by atoms with Crippen molar-refractivity contribution in [3.05, 3.63) is 29.8 Å². The van der Waals surface area contributed by atoms with Crippen molar-refractivity contribution in [2.24, 2.45) is 7.05 Å². The van der Waals surface area contributed by atoms with Gasteiger partial charge in [-0.15, -0.1) is 10.2 Å². The molecular weight excluding hydrogens is 232 g/mol. The molecule has 1 aromatic heterocycles. The molecule has 0 aliphatic heterocycles. The number of benzene rings is 1. The van der Waals surface area contributed by atoms with E-state index >= 15 is 0 Å². The molecule has 86 valence electrons. The van der Waals surface area contributed by atoms with Gasteiger partial charge in [-0.25, -0.2) is 0 Å². The Kier molecular flexibility index (Phi) is 3.45. The minimum atomic E-state index is 0.389. The maximum absolute atomic E-state index is 8.56. The van der Waals surface area contributed by atoms with Crippen molar-refractivity contribution in [1.29, 1.82) is 5.26 Å². The largest absolute Gasteiger partial charge is 0.305 e. The van der Waals surface area contributed by atoms with Crippen molar-refractivity contribution in [3.63, 3.8) is 0 Å². The van der Waals surface area contributed by atoms with Gasteiger partial charge in [-0.1, -0.05) is 36.0 Å². The fourth-order valence-corrected chi connectivity index (χ4v) is 2.17. The van der Waals surface area contributed by atoms with Gasteiger partial charge in [-0.05, 0) is 12.5 Å². The molecule has 0 saturated heterocycles. The molecule has 0 unspecified atom stereocenters. The van der Waals surface area contributed by atoms with Crippen molar-refractivity contribution in [2.45, 2.75) is 12.1 Å². The molecule has 2 aromatic rings. The molecule has 1 heterocycles. The first-order valence-electron chi connectivity index (χ1n) is 5.19. The zero-order chi connectivity index (χ0) is 12.3. The number of aromatic nitrogens is 3. The SMILES string of the molecule is Cc1ccccc1-c1nnc(SCC#N)n1C. The molecule has 0 spiro atoms. The third kappa shape index (κ3) is 2.32. The van der Waals surface area contributed by atoms with Gasteiger partial charge in [0, 0.05) is 12.6 Å². The van der Waals surface area contributed by atoms with Gasteiger partial charge in [0.1, 0.15) is 0 Å². The first kappa shape index (κ1) is 11.7. The van der Waals surface area contributed by atoms with E-state index in [2.05, 4.69) is 16.3 Å². The predicted octanol–water partition coefficient (Wildman–Crippen LogP) is 2.41. The molecule has 17 heavy (non-hydrogen) atoms. The molecule has 0 amide bonds. The van der Waals surface area contributed by atoms with E-state index in [1.165, 1.54) is 17.3 Å². The van der Waals surface area contributed by atoms with Crippen LogP contribution in [-0.4, -0.2) is 20.5 Å². The molecular formula is C12H12N4S. The fraction of sp³-hybridized carbons (Fsp3) is 0.250. The number of nitriles is 1. The van der Waals surface area contributed by atoms with E-state index in [0.717, 1.165) is 16.5 Å². The highest BCUT2D eigenvalue weighted by Gasteiger charge is 2.12. The van der Waals surface area contributed by atoms with Crippen LogP contribution in [0.5, 0.6) is 0 Å². The van der Waals surface area contributed by atoms with Crippen molar-refractivity contribution in [1.82, 2.24) is 14.8 Å². The average Bonchev–Trinajstić information content (AvgIpc) is 2.69. The predicted molar refractivity (Wildman–Crippen MR) is 67.5 cm³/mol. The van der Waals surface area contributed by atoms with Crippen LogP contribution >= 0.6 is 11.8 Å².